The highest BCUT2D eigenvalue weighted by atomic mass is 127. The number of nitrogens with zero attached hydrogens (tertiary/aromatic N) is 1. The van der Waals surface area contributed by atoms with Crippen molar-refractivity contribution in [3.8, 4) is 5.75 Å². The number of hydrogen-bond donors (Lipinski definition) is 0. The molecule has 1 aromatic heterocycles. The summed E-state index contributed by atoms with van der Waals surface area (Å²) >= 11 is 2.18. The molecule has 0 N–H and O–H groups in total. The van der Waals surface area contributed by atoms with Gasteiger partial charge >= 0.3 is 0 Å². The molecule has 0 spiro atoms. The van der Waals surface area contributed by atoms with Crippen LogP contribution in [0.1, 0.15) is 5.56 Å². The normalized spacial score (nSPS) is 9.50. The fourth-order valence-corrected chi connectivity index (χ4v) is 1.14. The highest BCUT2D eigenvalue weighted by Crippen LogP contribution is 2.19. The Morgan fingerprint density at radius 1 is 1.60 bits per heavy atom. The van der Waals surface area contributed by atoms with Gasteiger partial charge in [0.2, 0.25) is 0 Å². The number of halogens is 1. The summed E-state index contributed by atoms with van der Waals surface area (Å²) in [5.74, 6) is 0.902. The van der Waals surface area contributed by atoms with Crippen LogP contribution in [0.3, 0.4) is 0 Å². The number of aromatic nitrogens is 1. The fourth-order valence-electron chi connectivity index (χ4n) is 0.715. The SMILES string of the molecule is COc1ccnc(I)c1C. The second-order valence-corrected chi connectivity index (χ2v) is 2.95. The van der Waals surface area contributed by atoms with Crippen LogP contribution in [-0.4, -0.2) is 12.1 Å². The van der Waals surface area contributed by atoms with E-state index in [9.17, 15) is 0 Å². The van der Waals surface area contributed by atoms with Crippen molar-refractivity contribution >= 4 is 22.6 Å². The van der Waals surface area contributed by atoms with Crippen LogP contribution in [0.25, 0.3) is 0 Å². The van der Waals surface area contributed by atoms with Gasteiger partial charge < -0.3 is 4.74 Å². The van der Waals surface area contributed by atoms with Crippen molar-refractivity contribution in [2.24, 2.45) is 0 Å². The highest BCUT2D eigenvalue weighted by Gasteiger charge is 2.00. The molecule has 0 atom stereocenters. The van der Waals surface area contributed by atoms with E-state index in [-0.39, 0.29) is 0 Å². The van der Waals surface area contributed by atoms with Gasteiger partial charge in [0.25, 0.3) is 0 Å². The van der Waals surface area contributed by atoms with Crippen LogP contribution in [0.15, 0.2) is 12.3 Å². The topological polar surface area (TPSA) is 22.1 Å². The molecule has 0 saturated carbocycles. The Morgan fingerprint density at radius 2 is 2.30 bits per heavy atom. The molecule has 0 radical (unpaired) electrons. The highest BCUT2D eigenvalue weighted by molar-refractivity contribution is 14.1. The van der Waals surface area contributed by atoms with Crippen molar-refractivity contribution in [2.45, 2.75) is 6.92 Å². The minimum Gasteiger partial charge on any atom is -0.496 e. The third-order valence-electron chi connectivity index (χ3n) is 1.31. The van der Waals surface area contributed by atoms with E-state index in [2.05, 4.69) is 27.6 Å². The van der Waals surface area contributed by atoms with Gasteiger partial charge in [-0.05, 0) is 35.6 Å². The van der Waals surface area contributed by atoms with Gasteiger partial charge in [0.15, 0.2) is 0 Å². The molecule has 0 fully saturated rings. The molecular weight excluding hydrogens is 241 g/mol. The average molecular weight is 249 g/mol. The predicted octanol–water partition coefficient (Wildman–Crippen LogP) is 2.00. The summed E-state index contributed by atoms with van der Waals surface area (Å²) in [6, 6.07) is 1.86. The lowest BCUT2D eigenvalue weighted by molar-refractivity contribution is 0.410. The van der Waals surface area contributed by atoms with E-state index in [0.717, 1.165) is 15.0 Å². The van der Waals surface area contributed by atoms with Crippen LogP contribution in [-0.2, 0) is 0 Å². The van der Waals surface area contributed by atoms with Gasteiger partial charge in [-0.1, -0.05) is 0 Å². The monoisotopic (exact) mass is 249 g/mol. The molecule has 0 saturated heterocycles. The number of ether oxygens (including phenoxy) is 1. The average Bonchev–Trinajstić information content (AvgIpc) is 1.95. The van der Waals surface area contributed by atoms with Crippen LogP contribution in [0.2, 0.25) is 0 Å². The molecule has 3 heteroatoms. The van der Waals surface area contributed by atoms with E-state index in [1.807, 2.05) is 13.0 Å². The Kier molecular flexibility index (Phi) is 2.48. The molecule has 2 nitrogen and oxygen atoms in total. The molecule has 0 aliphatic heterocycles. The van der Waals surface area contributed by atoms with Crippen LogP contribution in [0, 0.1) is 10.6 Å². The second kappa shape index (κ2) is 3.18. The summed E-state index contributed by atoms with van der Waals surface area (Å²) in [7, 11) is 1.67. The van der Waals surface area contributed by atoms with Gasteiger partial charge in [-0.2, -0.15) is 0 Å². The molecule has 0 unspecified atom stereocenters. The quantitative estimate of drug-likeness (QED) is 0.561. The molecule has 0 aliphatic carbocycles. The molecule has 0 aliphatic rings. The molecule has 0 aromatic carbocycles. The first-order valence-corrected chi connectivity index (χ1v) is 3.98. The Labute approximate surface area is 73.8 Å². The molecule has 0 amide bonds. The third kappa shape index (κ3) is 1.39. The number of pyridine rings is 1. The lowest BCUT2D eigenvalue weighted by Gasteiger charge is -2.03. The summed E-state index contributed by atoms with van der Waals surface area (Å²) in [6.07, 6.45) is 1.74. The Hall–Kier alpha value is -0.320. The molecular formula is C7H8INO. The Morgan fingerprint density at radius 3 is 2.80 bits per heavy atom. The minimum atomic E-state index is 0.902. The predicted molar refractivity (Wildman–Crippen MR) is 48.2 cm³/mol. The van der Waals surface area contributed by atoms with Crippen LogP contribution >= 0.6 is 22.6 Å². The van der Waals surface area contributed by atoms with Gasteiger partial charge in [-0.15, -0.1) is 0 Å². The van der Waals surface area contributed by atoms with E-state index in [1.54, 1.807) is 13.3 Å². The number of hydrogen-bond acceptors (Lipinski definition) is 2. The van der Waals surface area contributed by atoms with Crippen molar-refractivity contribution in [1.82, 2.24) is 4.98 Å². The first-order valence-electron chi connectivity index (χ1n) is 2.91. The first-order chi connectivity index (χ1) is 4.75. The second-order valence-electron chi connectivity index (χ2n) is 1.93. The summed E-state index contributed by atoms with van der Waals surface area (Å²) in [4.78, 5) is 4.09. The van der Waals surface area contributed by atoms with Gasteiger partial charge in [-0.25, -0.2) is 4.98 Å². The molecule has 54 valence electrons. The van der Waals surface area contributed by atoms with Crippen molar-refractivity contribution in [2.75, 3.05) is 7.11 Å². The number of methoxy groups -OCH3 is 1. The van der Waals surface area contributed by atoms with E-state index < -0.39 is 0 Å². The minimum absolute atomic E-state index is 0.902. The van der Waals surface area contributed by atoms with Crippen LogP contribution in [0.4, 0.5) is 0 Å². The molecule has 1 rings (SSSR count). The van der Waals surface area contributed by atoms with E-state index in [1.165, 1.54) is 0 Å². The van der Waals surface area contributed by atoms with Crippen molar-refractivity contribution in [3.63, 3.8) is 0 Å². The fraction of sp³-hybridized carbons (Fsp3) is 0.286. The Balaban J connectivity index is 3.14. The standard InChI is InChI=1S/C7H8INO/c1-5-6(10-2)3-4-9-7(5)8/h3-4H,1-2H3. The molecule has 0 bridgehead atoms. The van der Waals surface area contributed by atoms with Crippen LogP contribution in [0.5, 0.6) is 5.75 Å². The van der Waals surface area contributed by atoms with E-state index >= 15 is 0 Å². The smallest absolute Gasteiger partial charge is 0.125 e. The first kappa shape index (κ1) is 7.78. The Bertz CT molecular complexity index is 237. The van der Waals surface area contributed by atoms with Gasteiger partial charge in [0.05, 0.1) is 7.11 Å². The third-order valence-corrected chi connectivity index (χ3v) is 2.40. The molecule has 10 heavy (non-hydrogen) atoms. The van der Waals surface area contributed by atoms with Gasteiger partial charge in [0, 0.05) is 11.8 Å². The summed E-state index contributed by atoms with van der Waals surface area (Å²) < 4.78 is 6.08. The zero-order chi connectivity index (χ0) is 7.56. The number of rotatable bonds is 1. The van der Waals surface area contributed by atoms with Crippen molar-refractivity contribution < 1.29 is 4.74 Å². The van der Waals surface area contributed by atoms with Crippen molar-refractivity contribution in [3.05, 3.63) is 21.5 Å². The maximum absolute atomic E-state index is 5.08. The van der Waals surface area contributed by atoms with Gasteiger partial charge in [-0.3, -0.25) is 0 Å². The van der Waals surface area contributed by atoms with Gasteiger partial charge in [0.1, 0.15) is 9.45 Å². The lowest BCUT2D eigenvalue weighted by atomic mass is 10.3. The zero-order valence-electron chi connectivity index (χ0n) is 5.89. The summed E-state index contributed by atoms with van der Waals surface area (Å²) in [6.45, 7) is 1.99. The molecule has 1 aromatic rings. The zero-order valence-corrected chi connectivity index (χ0v) is 8.05. The van der Waals surface area contributed by atoms with Crippen molar-refractivity contribution in [1.29, 1.82) is 0 Å². The van der Waals surface area contributed by atoms with Crippen LogP contribution < -0.4 is 4.74 Å². The maximum atomic E-state index is 5.08. The van der Waals surface area contributed by atoms with E-state index in [4.69, 9.17) is 4.74 Å². The summed E-state index contributed by atoms with van der Waals surface area (Å²) in [5, 5.41) is 0. The largest absolute Gasteiger partial charge is 0.496 e. The molecule has 1 heterocycles. The summed E-state index contributed by atoms with van der Waals surface area (Å²) in [5.41, 5.74) is 1.10. The lowest BCUT2D eigenvalue weighted by Crippen LogP contribution is -1.91. The maximum Gasteiger partial charge on any atom is 0.125 e. The van der Waals surface area contributed by atoms with E-state index in [0.29, 0.717) is 0 Å².